The van der Waals surface area contributed by atoms with E-state index in [1.165, 1.54) is 0 Å². The number of hydrogen-bond acceptors (Lipinski definition) is 3. The normalized spacial score (nSPS) is 10.4. The van der Waals surface area contributed by atoms with E-state index in [4.69, 9.17) is 16.3 Å². The molecule has 0 saturated heterocycles. The van der Waals surface area contributed by atoms with E-state index in [1.807, 2.05) is 32.2 Å². The fraction of sp³-hybridized carbons (Fsp3) is 0.231. The zero-order chi connectivity index (χ0) is 12.4. The Labute approximate surface area is 105 Å². The van der Waals surface area contributed by atoms with Crippen molar-refractivity contribution < 1.29 is 4.74 Å². The van der Waals surface area contributed by atoms with E-state index >= 15 is 0 Å². The van der Waals surface area contributed by atoms with Gasteiger partial charge in [-0.05, 0) is 37.1 Å². The lowest BCUT2D eigenvalue weighted by Crippen LogP contribution is -1.93. The molecule has 2 heterocycles. The quantitative estimate of drug-likeness (QED) is 0.764. The highest BCUT2D eigenvalue weighted by molar-refractivity contribution is 6.29. The minimum atomic E-state index is 0.453. The molecule has 3 nitrogen and oxygen atoms in total. The Hall–Kier alpha value is -1.61. The molecule has 0 bridgehead atoms. The summed E-state index contributed by atoms with van der Waals surface area (Å²) in [5, 5.41) is 0.453. The lowest BCUT2D eigenvalue weighted by atomic mass is 10.0. The summed E-state index contributed by atoms with van der Waals surface area (Å²) in [4.78, 5) is 8.27. The van der Waals surface area contributed by atoms with Gasteiger partial charge in [-0.2, -0.15) is 0 Å². The van der Waals surface area contributed by atoms with Gasteiger partial charge in [0.2, 0.25) is 0 Å². The standard InChI is InChI=1S/C13H13ClN2O/c1-8-6-15-9(2)4-10(8)11-5-13(14)16-7-12(11)17-3/h4-7H,1-3H3. The molecule has 0 aliphatic carbocycles. The molecule has 0 aliphatic rings. The second-order valence-corrected chi connectivity index (χ2v) is 4.24. The Morgan fingerprint density at radius 3 is 2.53 bits per heavy atom. The molecule has 4 heteroatoms. The maximum absolute atomic E-state index is 5.93. The Morgan fingerprint density at radius 2 is 1.82 bits per heavy atom. The van der Waals surface area contributed by atoms with Gasteiger partial charge in [-0.15, -0.1) is 0 Å². The van der Waals surface area contributed by atoms with E-state index in [-0.39, 0.29) is 0 Å². The summed E-state index contributed by atoms with van der Waals surface area (Å²) in [7, 11) is 1.62. The first-order valence-electron chi connectivity index (χ1n) is 5.25. The molecule has 0 saturated carbocycles. The van der Waals surface area contributed by atoms with Crippen LogP contribution in [-0.2, 0) is 0 Å². The van der Waals surface area contributed by atoms with E-state index in [0.29, 0.717) is 10.9 Å². The van der Waals surface area contributed by atoms with E-state index in [9.17, 15) is 0 Å². The van der Waals surface area contributed by atoms with Crippen LogP contribution in [-0.4, -0.2) is 17.1 Å². The van der Waals surface area contributed by atoms with Crippen LogP contribution in [0.4, 0.5) is 0 Å². The van der Waals surface area contributed by atoms with Crippen molar-refractivity contribution in [1.29, 1.82) is 0 Å². The van der Waals surface area contributed by atoms with Crippen molar-refractivity contribution in [2.75, 3.05) is 7.11 Å². The van der Waals surface area contributed by atoms with Gasteiger partial charge in [-0.3, -0.25) is 4.98 Å². The smallest absolute Gasteiger partial charge is 0.145 e. The summed E-state index contributed by atoms with van der Waals surface area (Å²) >= 11 is 5.93. The van der Waals surface area contributed by atoms with Crippen molar-refractivity contribution in [2.24, 2.45) is 0 Å². The highest BCUT2D eigenvalue weighted by atomic mass is 35.5. The number of hydrogen-bond donors (Lipinski definition) is 0. The predicted octanol–water partition coefficient (Wildman–Crippen LogP) is 3.42. The average Bonchev–Trinajstić information content (AvgIpc) is 2.32. The van der Waals surface area contributed by atoms with Gasteiger partial charge in [0.15, 0.2) is 0 Å². The van der Waals surface area contributed by atoms with Crippen LogP contribution in [0.5, 0.6) is 5.75 Å². The van der Waals surface area contributed by atoms with Gasteiger partial charge in [0, 0.05) is 17.5 Å². The van der Waals surface area contributed by atoms with Gasteiger partial charge in [0.25, 0.3) is 0 Å². The molecule has 0 radical (unpaired) electrons. The van der Waals surface area contributed by atoms with Crippen molar-refractivity contribution in [3.63, 3.8) is 0 Å². The van der Waals surface area contributed by atoms with Crippen LogP contribution in [0.15, 0.2) is 24.5 Å². The monoisotopic (exact) mass is 248 g/mol. The number of methoxy groups -OCH3 is 1. The third kappa shape index (κ3) is 2.39. The first-order chi connectivity index (χ1) is 8.11. The number of halogens is 1. The van der Waals surface area contributed by atoms with Crippen LogP contribution >= 0.6 is 11.6 Å². The number of aryl methyl sites for hydroxylation is 2. The third-order valence-corrected chi connectivity index (χ3v) is 2.79. The molecular weight excluding hydrogens is 236 g/mol. The van der Waals surface area contributed by atoms with Crippen molar-refractivity contribution in [3.05, 3.63) is 40.9 Å². The van der Waals surface area contributed by atoms with E-state index in [2.05, 4.69) is 9.97 Å². The molecule has 0 unspecified atom stereocenters. The van der Waals surface area contributed by atoms with Crippen molar-refractivity contribution in [2.45, 2.75) is 13.8 Å². The Balaban J connectivity index is 2.66. The van der Waals surface area contributed by atoms with Crippen LogP contribution in [0.2, 0.25) is 5.15 Å². The maximum atomic E-state index is 5.93. The summed E-state index contributed by atoms with van der Waals surface area (Å²) < 4.78 is 5.31. The number of nitrogens with zero attached hydrogens (tertiary/aromatic N) is 2. The molecule has 0 amide bonds. The van der Waals surface area contributed by atoms with Gasteiger partial charge in [0.1, 0.15) is 10.9 Å². The molecule has 0 N–H and O–H groups in total. The van der Waals surface area contributed by atoms with Gasteiger partial charge in [-0.25, -0.2) is 4.98 Å². The number of ether oxygens (including phenoxy) is 1. The second kappa shape index (κ2) is 4.72. The largest absolute Gasteiger partial charge is 0.494 e. The predicted molar refractivity (Wildman–Crippen MR) is 68.5 cm³/mol. The van der Waals surface area contributed by atoms with Crippen LogP contribution in [0.3, 0.4) is 0 Å². The molecule has 0 fully saturated rings. The average molecular weight is 249 g/mol. The molecule has 0 aromatic carbocycles. The molecule has 2 rings (SSSR count). The van der Waals surface area contributed by atoms with E-state index in [0.717, 1.165) is 22.4 Å². The van der Waals surface area contributed by atoms with E-state index < -0.39 is 0 Å². The van der Waals surface area contributed by atoms with Gasteiger partial charge >= 0.3 is 0 Å². The molecule has 88 valence electrons. The van der Waals surface area contributed by atoms with Crippen LogP contribution in [0.25, 0.3) is 11.1 Å². The number of rotatable bonds is 2. The fourth-order valence-corrected chi connectivity index (χ4v) is 1.87. The topological polar surface area (TPSA) is 35.0 Å². The molecule has 0 atom stereocenters. The molecular formula is C13H13ClN2O. The summed E-state index contributed by atoms with van der Waals surface area (Å²) in [6, 6.07) is 3.83. The summed E-state index contributed by atoms with van der Waals surface area (Å²) in [6.07, 6.45) is 3.48. The second-order valence-electron chi connectivity index (χ2n) is 3.85. The SMILES string of the molecule is COc1cnc(Cl)cc1-c1cc(C)ncc1C. The Bertz CT molecular complexity index is 555. The maximum Gasteiger partial charge on any atom is 0.145 e. The zero-order valence-corrected chi connectivity index (χ0v) is 10.7. The summed E-state index contributed by atoms with van der Waals surface area (Å²) in [5.74, 6) is 0.711. The molecule has 2 aromatic heterocycles. The summed E-state index contributed by atoms with van der Waals surface area (Å²) in [6.45, 7) is 3.97. The minimum absolute atomic E-state index is 0.453. The number of aromatic nitrogens is 2. The Morgan fingerprint density at radius 1 is 1.06 bits per heavy atom. The van der Waals surface area contributed by atoms with Gasteiger partial charge in [-0.1, -0.05) is 11.6 Å². The van der Waals surface area contributed by atoms with Crippen LogP contribution in [0, 0.1) is 13.8 Å². The fourth-order valence-electron chi connectivity index (χ4n) is 1.71. The van der Waals surface area contributed by atoms with Crippen LogP contribution < -0.4 is 4.74 Å². The summed E-state index contributed by atoms with van der Waals surface area (Å²) in [5.41, 5.74) is 4.05. The Kier molecular flexibility index (Phi) is 3.29. The highest BCUT2D eigenvalue weighted by Crippen LogP contribution is 2.33. The number of pyridine rings is 2. The zero-order valence-electron chi connectivity index (χ0n) is 9.99. The lowest BCUT2D eigenvalue weighted by molar-refractivity contribution is 0.414. The molecule has 0 spiro atoms. The highest BCUT2D eigenvalue weighted by Gasteiger charge is 2.10. The minimum Gasteiger partial charge on any atom is -0.494 e. The molecule has 17 heavy (non-hydrogen) atoms. The third-order valence-electron chi connectivity index (χ3n) is 2.58. The van der Waals surface area contributed by atoms with Gasteiger partial charge < -0.3 is 4.74 Å². The first kappa shape index (κ1) is 11.9. The van der Waals surface area contributed by atoms with Crippen molar-refractivity contribution >= 4 is 11.6 Å². The van der Waals surface area contributed by atoms with Gasteiger partial charge in [0.05, 0.1) is 13.3 Å². The van der Waals surface area contributed by atoms with Crippen LogP contribution in [0.1, 0.15) is 11.3 Å². The van der Waals surface area contributed by atoms with E-state index in [1.54, 1.807) is 13.3 Å². The van der Waals surface area contributed by atoms with Crippen molar-refractivity contribution in [3.8, 4) is 16.9 Å². The molecule has 0 aliphatic heterocycles. The van der Waals surface area contributed by atoms with Crippen molar-refractivity contribution in [1.82, 2.24) is 9.97 Å². The first-order valence-corrected chi connectivity index (χ1v) is 5.62. The molecule has 2 aromatic rings. The lowest BCUT2D eigenvalue weighted by Gasteiger charge is -2.11.